The Hall–Kier alpha value is -3.54. The van der Waals surface area contributed by atoms with Crippen molar-refractivity contribution in [3.63, 3.8) is 0 Å². The Kier molecular flexibility index (Phi) is 4.15. The summed E-state index contributed by atoms with van der Waals surface area (Å²) < 4.78 is 1.98. The second-order valence-corrected chi connectivity index (χ2v) is 6.02. The number of amides is 3. The Morgan fingerprint density at radius 1 is 0.923 bits per heavy atom. The van der Waals surface area contributed by atoms with Crippen LogP contribution in [-0.2, 0) is 0 Å². The largest absolute Gasteiger partial charge is 0.336 e. The Labute approximate surface area is 151 Å². The number of nitrogens with zero attached hydrogens (tertiary/aromatic N) is 2. The fraction of sp³-hybridized carbons (Fsp3) is 0.100. The molecule has 130 valence electrons. The van der Waals surface area contributed by atoms with E-state index in [1.807, 2.05) is 53.4 Å². The molecule has 0 aliphatic carbocycles. The first kappa shape index (κ1) is 16.0. The van der Waals surface area contributed by atoms with Gasteiger partial charge in [-0.15, -0.1) is 0 Å². The van der Waals surface area contributed by atoms with Crippen LogP contribution in [0.5, 0.6) is 0 Å². The predicted molar refractivity (Wildman–Crippen MR) is 101 cm³/mol. The highest BCUT2D eigenvalue weighted by molar-refractivity contribution is 6.04. The predicted octanol–water partition coefficient (Wildman–Crippen LogP) is 3.26. The number of carbonyl (C=O) groups excluding carboxylic acids is 2. The van der Waals surface area contributed by atoms with E-state index in [4.69, 9.17) is 0 Å². The van der Waals surface area contributed by atoms with Gasteiger partial charge in [0, 0.05) is 48.1 Å². The molecule has 2 N–H and O–H groups in total. The van der Waals surface area contributed by atoms with Crippen LogP contribution in [0.15, 0.2) is 73.1 Å². The SMILES string of the molecule is O=C(Nc1ccc(N2CCNC2=O)cc1)c1ccc(-n2cccc2)cc1. The average Bonchev–Trinajstić information content (AvgIpc) is 3.34. The molecule has 1 aliphatic heterocycles. The Morgan fingerprint density at radius 3 is 2.19 bits per heavy atom. The number of anilines is 2. The first-order chi connectivity index (χ1) is 12.7. The molecular weight excluding hydrogens is 328 g/mol. The molecule has 0 saturated carbocycles. The molecule has 2 heterocycles. The standard InChI is InChI=1S/C20H18N4O2/c25-19(15-3-7-17(8-4-15)23-12-1-2-13-23)22-16-5-9-18(10-6-16)24-14-11-21-20(24)26/h1-10,12-13H,11,14H2,(H,21,26)(H,22,25). The Bertz CT molecular complexity index is 915. The van der Waals surface area contributed by atoms with E-state index >= 15 is 0 Å². The van der Waals surface area contributed by atoms with Gasteiger partial charge in [-0.2, -0.15) is 0 Å². The summed E-state index contributed by atoms with van der Waals surface area (Å²) in [6.45, 7) is 1.30. The molecule has 0 spiro atoms. The molecule has 0 unspecified atom stereocenters. The van der Waals surface area contributed by atoms with Crippen LogP contribution < -0.4 is 15.5 Å². The molecule has 1 fully saturated rings. The fourth-order valence-electron chi connectivity index (χ4n) is 2.94. The van der Waals surface area contributed by atoms with Gasteiger partial charge in [0.1, 0.15) is 0 Å². The molecule has 0 radical (unpaired) electrons. The molecule has 1 aromatic heterocycles. The van der Waals surface area contributed by atoms with Crippen LogP contribution in [0.4, 0.5) is 16.2 Å². The van der Waals surface area contributed by atoms with Crippen LogP contribution in [0, 0.1) is 0 Å². The van der Waals surface area contributed by atoms with Crippen molar-refractivity contribution in [2.45, 2.75) is 0 Å². The maximum absolute atomic E-state index is 12.4. The Balaban J connectivity index is 1.43. The summed E-state index contributed by atoms with van der Waals surface area (Å²) in [5, 5.41) is 5.64. The zero-order valence-electron chi connectivity index (χ0n) is 14.1. The molecule has 6 nitrogen and oxygen atoms in total. The van der Waals surface area contributed by atoms with Gasteiger partial charge >= 0.3 is 6.03 Å². The molecule has 1 saturated heterocycles. The summed E-state index contributed by atoms with van der Waals surface area (Å²) >= 11 is 0. The van der Waals surface area contributed by atoms with Crippen LogP contribution >= 0.6 is 0 Å². The number of urea groups is 1. The van der Waals surface area contributed by atoms with E-state index < -0.39 is 0 Å². The van der Waals surface area contributed by atoms with Gasteiger partial charge in [-0.05, 0) is 60.7 Å². The molecule has 4 rings (SSSR count). The Morgan fingerprint density at radius 2 is 1.58 bits per heavy atom. The molecular formula is C20H18N4O2. The van der Waals surface area contributed by atoms with Crippen molar-refractivity contribution in [2.24, 2.45) is 0 Å². The number of benzene rings is 2. The first-order valence-electron chi connectivity index (χ1n) is 8.41. The van der Waals surface area contributed by atoms with Crippen LogP contribution in [0.3, 0.4) is 0 Å². The van der Waals surface area contributed by atoms with Crippen LogP contribution in [0.1, 0.15) is 10.4 Å². The van der Waals surface area contributed by atoms with Crippen LogP contribution in [0.25, 0.3) is 5.69 Å². The third-order valence-electron chi connectivity index (χ3n) is 4.33. The number of nitrogens with one attached hydrogen (secondary N) is 2. The lowest BCUT2D eigenvalue weighted by Gasteiger charge is -2.14. The summed E-state index contributed by atoms with van der Waals surface area (Å²) in [6.07, 6.45) is 3.91. The summed E-state index contributed by atoms with van der Waals surface area (Å²) in [5.74, 6) is -0.171. The van der Waals surface area contributed by atoms with E-state index in [1.165, 1.54) is 0 Å². The number of hydrogen-bond acceptors (Lipinski definition) is 2. The molecule has 3 aromatic rings. The van der Waals surface area contributed by atoms with Crippen molar-refractivity contribution in [1.29, 1.82) is 0 Å². The maximum Gasteiger partial charge on any atom is 0.321 e. The van der Waals surface area contributed by atoms with Crippen LogP contribution in [0.2, 0.25) is 0 Å². The van der Waals surface area contributed by atoms with Gasteiger partial charge < -0.3 is 15.2 Å². The quantitative estimate of drug-likeness (QED) is 0.761. The number of rotatable bonds is 4. The average molecular weight is 346 g/mol. The molecule has 0 bridgehead atoms. The zero-order chi connectivity index (χ0) is 17.9. The second kappa shape index (κ2) is 6.76. The second-order valence-electron chi connectivity index (χ2n) is 6.02. The maximum atomic E-state index is 12.4. The van der Waals surface area contributed by atoms with E-state index in [2.05, 4.69) is 10.6 Å². The molecule has 1 aliphatic rings. The highest BCUT2D eigenvalue weighted by Gasteiger charge is 2.20. The van der Waals surface area contributed by atoms with Crippen molar-refractivity contribution in [3.05, 3.63) is 78.6 Å². The van der Waals surface area contributed by atoms with Gasteiger partial charge in [-0.1, -0.05) is 0 Å². The van der Waals surface area contributed by atoms with Gasteiger partial charge in [0.25, 0.3) is 5.91 Å². The minimum absolute atomic E-state index is 0.0930. The van der Waals surface area contributed by atoms with Crippen molar-refractivity contribution in [1.82, 2.24) is 9.88 Å². The van der Waals surface area contributed by atoms with E-state index in [1.54, 1.807) is 29.2 Å². The molecule has 0 atom stereocenters. The molecule has 6 heteroatoms. The van der Waals surface area contributed by atoms with E-state index in [-0.39, 0.29) is 11.9 Å². The highest BCUT2D eigenvalue weighted by Crippen LogP contribution is 2.20. The molecule has 26 heavy (non-hydrogen) atoms. The van der Waals surface area contributed by atoms with E-state index in [9.17, 15) is 9.59 Å². The van der Waals surface area contributed by atoms with Gasteiger partial charge in [-0.25, -0.2) is 4.79 Å². The van der Waals surface area contributed by atoms with Crippen molar-refractivity contribution in [2.75, 3.05) is 23.3 Å². The van der Waals surface area contributed by atoms with E-state index in [0.717, 1.165) is 11.4 Å². The van der Waals surface area contributed by atoms with Gasteiger partial charge in [0.05, 0.1) is 0 Å². The normalized spacial score (nSPS) is 13.5. The van der Waals surface area contributed by atoms with Crippen molar-refractivity contribution >= 4 is 23.3 Å². The van der Waals surface area contributed by atoms with Gasteiger partial charge in [-0.3, -0.25) is 9.69 Å². The third kappa shape index (κ3) is 3.17. The monoisotopic (exact) mass is 346 g/mol. The van der Waals surface area contributed by atoms with Gasteiger partial charge in [0.15, 0.2) is 0 Å². The lowest BCUT2D eigenvalue weighted by molar-refractivity contribution is 0.102. The minimum atomic E-state index is -0.171. The minimum Gasteiger partial charge on any atom is -0.336 e. The summed E-state index contributed by atoms with van der Waals surface area (Å²) in [6, 6.07) is 18.5. The summed E-state index contributed by atoms with van der Waals surface area (Å²) in [4.78, 5) is 25.8. The van der Waals surface area contributed by atoms with Crippen molar-refractivity contribution < 1.29 is 9.59 Å². The molecule has 2 aromatic carbocycles. The van der Waals surface area contributed by atoms with E-state index in [0.29, 0.717) is 24.3 Å². The highest BCUT2D eigenvalue weighted by atomic mass is 16.2. The number of aromatic nitrogens is 1. The summed E-state index contributed by atoms with van der Waals surface area (Å²) in [5.41, 5.74) is 3.09. The fourth-order valence-corrected chi connectivity index (χ4v) is 2.94. The summed E-state index contributed by atoms with van der Waals surface area (Å²) in [7, 11) is 0. The topological polar surface area (TPSA) is 66.4 Å². The number of carbonyl (C=O) groups is 2. The lowest BCUT2D eigenvalue weighted by Crippen LogP contribution is -2.27. The van der Waals surface area contributed by atoms with Crippen molar-refractivity contribution in [3.8, 4) is 5.69 Å². The first-order valence-corrected chi connectivity index (χ1v) is 8.41. The van der Waals surface area contributed by atoms with Gasteiger partial charge in [0.2, 0.25) is 0 Å². The number of hydrogen-bond donors (Lipinski definition) is 2. The van der Waals surface area contributed by atoms with Crippen LogP contribution in [-0.4, -0.2) is 29.6 Å². The lowest BCUT2D eigenvalue weighted by atomic mass is 10.2. The zero-order valence-corrected chi connectivity index (χ0v) is 14.1. The smallest absolute Gasteiger partial charge is 0.321 e. The third-order valence-corrected chi connectivity index (χ3v) is 4.33. The molecule has 3 amide bonds.